The van der Waals surface area contributed by atoms with Crippen molar-refractivity contribution in [2.75, 3.05) is 6.61 Å². The van der Waals surface area contributed by atoms with Crippen molar-refractivity contribution in [3.63, 3.8) is 0 Å². The third-order valence-corrected chi connectivity index (χ3v) is 2.62. The first-order valence-corrected chi connectivity index (χ1v) is 5.65. The Labute approximate surface area is 108 Å². The Morgan fingerprint density at radius 3 is 2.42 bits per heavy atom. The van der Waals surface area contributed by atoms with E-state index < -0.39 is 23.2 Å². The number of ether oxygens (including phenoxy) is 1. The van der Waals surface area contributed by atoms with Crippen LogP contribution in [0.15, 0.2) is 30.3 Å². The van der Waals surface area contributed by atoms with E-state index in [0.717, 1.165) is 6.07 Å². The number of hydrogen-bond acceptors (Lipinski definition) is 2. The molecule has 0 aliphatic carbocycles. The molecular formula is C14H11F3O2. The average molecular weight is 268 g/mol. The molecule has 0 atom stereocenters. The molecule has 0 spiro atoms. The highest BCUT2D eigenvalue weighted by molar-refractivity contribution is 5.72. The molecule has 0 amide bonds. The molecule has 19 heavy (non-hydrogen) atoms. The Bertz CT molecular complexity index is 612. The number of phenolic OH excluding ortho intramolecular Hbond substituents is 1. The topological polar surface area (TPSA) is 29.5 Å². The maximum absolute atomic E-state index is 13.8. The van der Waals surface area contributed by atoms with Gasteiger partial charge in [-0.25, -0.2) is 8.78 Å². The number of phenols is 1. The summed E-state index contributed by atoms with van der Waals surface area (Å²) < 4.78 is 45.5. The quantitative estimate of drug-likeness (QED) is 0.915. The molecule has 0 aliphatic rings. The lowest BCUT2D eigenvalue weighted by Crippen LogP contribution is -1.96. The molecule has 0 saturated heterocycles. The molecular weight excluding hydrogens is 257 g/mol. The first-order chi connectivity index (χ1) is 9.06. The van der Waals surface area contributed by atoms with E-state index in [4.69, 9.17) is 4.74 Å². The Morgan fingerprint density at radius 2 is 1.74 bits per heavy atom. The van der Waals surface area contributed by atoms with Crippen molar-refractivity contribution >= 4 is 0 Å². The fourth-order valence-electron chi connectivity index (χ4n) is 1.74. The largest absolute Gasteiger partial charge is 0.504 e. The maximum atomic E-state index is 13.8. The van der Waals surface area contributed by atoms with Gasteiger partial charge in [-0.05, 0) is 25.1 Å². The van der Waals surface area contributed by atoms with Crippen LogP contribution in [-0.2, 0) is 0 Å². The fraction of sp³-hybridized carbons (Fsp3) is 0.143. The lowest BCUT2D eigenvalue weighted by atomic mass is 10.0. The molecule has 0 unspecified atom stereocenters. The predicted octanol–water partition coefficient (Wildman–Crippen LogP) is 3.88. The van der Waals surface area contributed by atoms with Crippen LogP contribution in [0.3, 0.4) is 0 Å². The van der Waals surface area contributed by atoms with Crippen LogP contribution < -0.4 is 4.74 Å². The van der Waals surface area contributed by atoms with Gasteiger partial charge in [-0.2, -0.15) is 4.39 Å². The van der Waals surface area contributed by atoms with E-state index in [9.17, 15) is 18.3 Å². The molecule has 1 N–H and O–H groups in total. The maximum Gasteiger partial charge on any atom is 0.207 e. The summed E-state index contributed by atoms with van der Waals surface area (Å²) >= 11 is 0. The lowest BCUT2D eigenvalue weighted by molar-refractivity contribution is 0.313. The van der Waals surface area contributed by atoms with Crippen molar-refractivity contribution in [1.29, 1.82) is 0 Å². The monoisotopic (exact) mass is 268 g/mol. The summed E-state index contributed by atoms with van der Waals surface area (Å²) in [4.78, 5) is 0. The summed E-state index contributed by atoms with van der Waals surface area (Å²) in [6.07, 6.45) is 0. The van der Waals surface area contributed by atoms with Gasteiger partial charge in [0.2, 0.25) is 5.82 Å². The second-order valence-electron chi connectivity index (χ2n) is 3.81. The van der Waals surface area contributed by atoms with Gasteiger partial charge >= 0.3 is 0 Å². The molecule has 0 bridgehead atoms. The van der Waals surface area contributed by atoms with E-state index in [-0.39, 0.29) is 23.5 Å². The molecule has 2 nitrogen and oxygen atoms in total. The Balaban J connectivity index is 2.58. The smallest absolute Gasteiger partial charge is 0.207 e. The summed E-state index contributed by atoms with van der Waals surface area (Å²) in [5.74, 6) is -4.11. The van der Waals surface area contributed by atoms with E-state index in [0.29, 0.717) is 0 Å². The van der Waals surface area contributed by atoms with Gasteiger partial charge in [-0.15, -0.1) is 0 Å². The molecule has 0 heterocycles. The van der Waals surface area contributed by atoms with Crippen LogP contribution in [-0.4, -0.2) is 11.7 Å². The van der Waals surface area contributed by atoms with Crippen LogP contribution in [0, 0.1) is 17.5 Å². The van der Waals surface area contributed by atoms with Crippen LogP contribution in [0.5, 0.6) is 11.5 Å². The third kappa shape index (κ3) is 2.36. The van der Waals surface area contributed by atoms with E-state index in [1.54, 1.807) is 6.92 Å². The molecule has 2 rings (SSSR count). The predicted molar refractivity (Wildman–Crippen MR) is 64.6 cm³/mol. The first-order valence-electron chi connectivity index (χ1n) is 5.65. The van der Waals surface area contributed by atoms with Crippen LogP contribution in [0.4, 0.5) is 13.2 Å². The van der Waals surface area contributed by atoms with Gasteiger partial charge in [0.25, 0.3) is 0 Å². The second kappa shape index (κ2) is 5.22. The van der Waals surface area contributed by atoms with Crippen LogP contribution in [0.25, 0.3) is 11.1 Å². The van der Waals surface area contributed by atoms with E-state index in [1.165, 1.54) is 24.3 Å². The van der Waals surface area contributed by atoms with Gasteiger partial charge in [0.15, 0.2) is 23.1 Å². The molecule has 5 heteroatoms. The van der Waals surface area contributed by atoms with Gasteiger partial charge in [0, 0.05) is 11.1 Å². The number of halogens is 3. The molecule has 0 fully saturated rings. The standard InChI is InChI=1S/C14H11F3O2/c1-2-19-11-7-6-9(14(18)13(11)17)8-4-3-5-10(15)12(8)16/h3-7,18H,2H2,1H3. The van der Waals surface area contributed by atoms with E-state index >= 15 is 0 Å². The minimum Gasteiger partial charge on any atom is -0.504 e. The van der Waals surface area contributed by atoms with Gasteiger partial charge < -0.3 is 9.84 Å². The normalized spacial score (nSPS) is 10.5. The van der Waals surface area contributed by atoms with Gasteiger partial charge in [0.05, 0.1) is 6.61 Å². The number of rotatable bonds is 3. The summed E-state index contributed by atoms with van der Waals surface area (Å²) in [5, 5.41) is 9.73. The zero-order valence-electron chi connectivity index (χ0n) is 10.1. The third-order valence-electron chi connectivity index (χ3n) is 2.62. The fourth-order valence-corrected chi connectivity index (χ4v) is 1.74. The summed E-state index contributed by atoms with van der Waals surface area (Å²) in [7, 11) is 0. The number of benzene rings is 2. The summed E-state index contributed by atoms with van der Waals surface area (Å²) in [6.45, 7) is 1.89. The van der Waals surface area contributed by atoms with Gasteiger partial charge in [0.1, 0.15) is 0 Å². The van der Waals surface area contributed by atoms with Gasteiger partial charge in [-0.1, -0.05) is 12.1 Å². The molecule has 2 aromatic carbocycles. The highest BCUT2D eigenvalue weighted by Gasteiger charge is 2.18. The van der Waals surface area contributed by atoms with E-state index in [1.807, 2.05) is 0 Å². The van der Waals surface area contributed by atoms with Crippen LogP contribution in [0.1, 0.15) is 6.92 Å². The molecule has 0 radical (unpaired) electrons. The van der Waals surface area contributed by atoms with Gasteiger partial charge in [-0.3, -0.25) is 0 Å². The molecule has 0 aromatic heterocycles. The first kappa shape index (κ1) is 13.3. The molecule has 0 saturated carbocycles. The van der Waals surface area contributed by atoms with Crippen LogP contribution in [0.2, 0.25) is 0 Å². The highest BCUT2D eigenvalue weighted by Crippen LogP contribution is 2.37. The average Bonchev–Trinajstić information content (AvgIpc) is 2.39. The zero-order chi connectivity index (χ0) is 14.0. The number of hydrogen-bond donors (Lipinski definition) is 1. The van der Waals surface area contributed by atoms with Crippen molar-refractivity contribution < 1.29 is 23.0 Å². The number of aromatic hydroxyl groups is 1. The summed E-state index contributed by atoms with van der Waals surface area (Å²) in [6, 6.07) is 6.02. The highest BCUT2D eigenvalue weighted by atomic mass is 19.2. The van der Waals surface area contributed by atoms with Crippen molar-refractivity contribution in [2.45, 2.75) is 6.92 Å². The van der Waals surface area contributed by atoms with Crippen molar-refractivity contribution in [1.82, 2.24) is 0 Å². The Hall–Kier alpha value is -2.17. The Kier molecular flexibility index (Phi) is 3.64. The van der Waals surface area contributed by atoms with Crippen molar-refractivity contribution in [2.24, 2.45) is 0 Å². The summed E-state index contributed by atoms with van der Waals surface area (Å²) in [5.41, 5.74) is -0.336. The molecule has 0 aliphatic heterocycles. The minimum absolute atomic E-state index is 0.127. The lowest BCUT2D eigenvalue weighted by Gasteiger charge is -2.10. The second-order valence-corrected chi connectivity index (χ2v) is 3.81. The molecule has 2 aromatic rings. The van der Waals surface area contributed by atoms with Crippen molar-refractivity contribution in [3.05, 3.63) is 47.8 Å². The van der Waals surface area contributed by atoms with Crippen LogP contribution >= 0.6 is 0 Å². The van der Waals surface area contributed by atoms with Crippen molar-refractivity contribution in [3.8, 4) is 22.6 Å². The zero-order valence-corrected chi connectivity index (χ0v) is 10.1. The van der Waals surface area contributed by atoms with E-state index in [2.05, 4.69) is 0 Å². The minimum atomic E-state index is -1.14. The molecule has 100 valence electrons. The SMILES string of the molecule is CCOc1ccc(-c2cccc(F)c2F)c(O)c1F. The Morgan fingerprint density at radius 1 is 1.00 bits per heavy atom.